The minimum absolute atomic E-state index is 0.0681. The molecule has 3 aromatic rings. The molecule has 0 spiro atoms. The van der Waals surface area contributed by atoms with E-state index < -0.39 is 0 Å². The number of fused-ring (bicyclic) bond motifs is 1. The Morgan fingerprint density at radius 2 is 1.87 bits per heavy atom. The molecular formula is C22H24N4O4. The van der Waals surface area contributed by atoms with Crippen LogP contribution in [0.15, 0.2) is 39.9 Å². The summed E-state index contributed by atoms with van der Waals surface area (Å²) >= 11 is 0. The largest absolute Gasteiger partial charge is 0.483 e. The van der Waals surface area contributed by atoms with E-state index in [1.54, 1.807) is 30.4 Å². The van der Waals surface area contributed by atoms with Crippen molar-refractivity contribution in [3.05, 3.63) is 57.8 Å². The van der Waals surface area contributed by atoms with Crippen LogP contribution in [-0.2, 0) is 4.79 Å². The quantitative estimate of drug-likeness (QED) is 0.612. The lowest BCUT2D eigenvalue weighted by molar-refractivity contribution is -0.133. The first kappa shape index (κ1) is 19.9. The molecule has 0 unspecified atom stereocenters. The summed E-state index contributed by atoms with van der Waals surface area (Å²) in [6, 6.07) is 3.68. The van der Waals surface area contributed by atoms with Gasteiger partial charge in [-0.05, 0) is 44.0 Å². The highest BCUT2D eigenvalue weighted by Crippen LogP contribution is 2.30. The molecule has 1 saturated heterocycles. The third kappa shape index (κ3) is 3.85. The molecule has 30 heavy (non-hydrogen) atoms. The van der Waals surface area contributed by atoms with Crippen LogP contribution < -0.4 is 15.3 Å². The number of ether oxygens (including phenoxy) is 1. The van der Waals surface area contributed by atoms with Crippen molar-refractivity contribution >= 4 is 22.7 Å². The van der Waals surface area contributed by atoms with Crippen LogP contribution >= 0.6 is 0 Å². The monoisotopic (exact) mass is 408 g/mol. The van der Waals surface area contributed by atoms with Gasteiger partial charge in [0.1, 0.15) is 17.2 Å². The van der Waals surface area contributed by atoms with E-state index in [-0.39, 0.29) is 18.1 Å². The Hall–Kier alpha value is -3.42. The molecule has 3 heterocycles. The van der Waals surface area contributed by atoms with Crippen LogP contribution in [0.5, 0.6) is 5.75 Å². The summed E-state index contributed by atoms with van der Waals surface area (Å²) in [6.45, 7) is 8.01. The van der Waals surface area contributed by atoms with E-state index in [0.29, 0.717) is 43.1 Å². The van der Waals surface area contributed by atoms with Crippen LogP contribution in [0.2, 0.25) is 0 Å². The summed E-state index contributed by atoms with van der Waals surface area (Å²) in [5.74, 6) is 1.30. The molecule has 8 nitrogen and oxygen atoms in total. The molecule has 1 aliphatic rings. The van der Waals surface area contributed by atoms with Gasteiger partial charge in [-0.15, -0.1) is 0 Å². The van der Waals surface area contributed by atoms with Gasteiger partial charge in [0.25, 0.3) is 5.91 Å². The first-order chi connectivity index (χ1) is 14.4. The highest BCUT2D eigenvalue weighted by Gasteiger charge is 2.23. The lowest BCUT2D eigenvalue weighted by Gasteiger charge is -2.35. The summed E-state index contributed by atoms with van der Waals surface area (Å²) in [4.78, 5) is 37.0. The maximum atomic E-state index is 12.7. The number of aryl methyl sites for hydroxylation is 2. The molecule has 0 aliphatic carbocycles. The third-order valence-corrected chi connectivity index (χ3v) is 5.51. The van der Waals surface area contributed by atoms with Crippen LogP contribution in [-0.4, -0.2) is 53.6 Å². The number of hydrogen-bond donors (Lipinski definition) is 0. The minimum Gasteiger partial charge on any atom is -0.483 e. The van der Waals surface area contributed by atoms with E-state index in [1.165, 1.54) is 0 Å². The summed E-state index contributed by atoms with van der Waals surface area (Å²) < 4.78 is 11.3. The van der Waals surface area contributed by atoms with Crippen LogP contribution in [0.1, 0.15) is 16.7 Å². The zero-order valence-electron chi connectivity index (χ0n) is 17.3. The van der Waals surface area contributed by atoms with Gasteiger partial charge in [0.15, 0.2) is 6.61 Å². The predicted molar refractivity (Wildman–Crippen MR) is 113 cm³/mol. The molecule has 1 amide bonds. The van der Waals surface area contributed by atoms with E-state index in [1.807, 2.05) is 26.0 Å². The van der Waals surface area contributed by atoms with E-state index in [2.05, 4.69) is 14.9 Å². The second kappa shape index (κ2) is 8.14. The fourth-order valence-electron chi connectivity index (χ4n) is 3.67. The predicted octanol–water partition coefficient (Wildman–Crippen LogP) is 2.24. The maximum absolute atomic E-state index is 12.7. The van der Waals surface area contributed by atoms with Crippen molar-refractivity contribution in [3.63, 3.8) is 0 Å². The summed E-state index contributed by atoms with van der Waals surface area (Å²) in [5, 5.41) is 0.734. The van der Waals surface area contributed by atoms with Crippen molar-refractivity contribution in [2.75, 3.05) is 37.7 Å². The van der Waals surface area contributed by atoms with Crippen LogP contribution in [0.4, 0.5) is 5.82 Å². The molecule has 156 valence electrons. The Labute approximate surface area is 174 Å². The van der Waals surface area contributed by atoms with E-state index in [0.717, 1.165) is 22.3 Å². The Morgan fingerprint density at radius 3 is 2.57 bits per heavy atom. The average Bonchev–Trinajstić information content (AvgIpc) is 2.76. The number of carbonyl (C=O) groups excluding carboxylic acids is 1. The highest BCUT2D eigenvalue weighted by atomic mass is 16.5. The van der Waals surface area contributed by atoms with Gasteiger partial charge in [-0.3, -0.25) is 9.78 Å². The van der Waals surface area contributed by atoms with Gasteiger partial charge < -0.3 is 19.0 Å². The molecule has 8 heteroatoms. The van der Waals surface area contributed by atoms with Gasteiger partial charge in [-0.25, -0.2) is 9.78 Å². The molecule has 0 saturated carbocycles. The van der Waals surface area contributed by atoms with Crippen molar-refractivity contribution in [2.45, 2.75) is 20.8 Å². The standard InChI is InChI=1S/C22H24N4O4/c1-14-10-17(21-15(2)16(3)22(28)30-18(21)11-14)29-13-20(27)26-8-6-25(7-9-26)19-12-23-4-5-24-19/h4-5,10-12H,6-9,13H2,1-3H3. The zero-order valence-corrected chi connectivity index (χ0v) is 17.3. The number of piperazine rings is 1. The second-order valence-electron chi connectivity index (χ2n) is 7.50. The van der Waals surface area contributed by atoms with Crippen molar-refractivity contribution in [3.8, 4) is 5.75 Å². The number of benzene rings is 1. The molecule has 4 rings (SSSR count). The number of rotatable bonds is 4. The zero-order chi connectivity index (χ0) is 21.3. The molecule has 0 atom stereocenters. The van der Waals surface area contributed by atoms with E-state index in [4.69, 9.17) is 9.15 Å². The summed E-state index contributed by atoms with van der Waals surface area (Å²) in [5.41, 5.74) is 2.37. The first-order valence-corrected chi connectivity index (χ1v) is 9.90. The van der Waals surface area contributed by atoms with Crippen LogP contribution in [0.25, 0.3) is 11.0 Å². The van der Waals surface area contributed by atoms with Crippen molar-refractivity contribution < 1.29 is 13.9 Å². The molecule has 1 aliphatic heterocycles. The fraction of sp³-hybridized carbons (Fsp3) is 0.364. The fourth-order valence-corrected chi connectivity index (χ4v) is 3.67. The molecule has 0 N–H and O–H groups in total. The number of anilines is 1. The van der Waals surface area contributed by atoms with Gasteiger partial charge in [-0.2, -0.15) is 0 Å². The number of aromatic nitrogens is 2. The Balaban J connectivity index is 1.45. The van der Waals surface area contributed by atoms with Gasteiger partial charge in [0.05, 0.1) is 11.6 Å². The van der Waals surface area contributed by atoms with Crippen molar-refractivity contribution in [2.24, 2.45) is 0 Å². The summed E-state index contributed by atoms with van der Waals surface area (Å²) in [6.07, 6.45) is 5.04. The van der Waals surface area contributed by atoms with Crippen molar-refractivity contribution in [1.82, 2.24) is 14.9 Å². The number of carbonyl (C=O) groups is 1. The Bertz CT molecular complexity index is 1140. The number of hydrogen-bond acceptors (Lipinski definition) is 7. The van der Waals surface area contributed by atoms with Crippen LogP contribution in [0, 0.1) is 20.8 Å². The lowest BCUT2D eigenvalue weighted by atomic mass is 10.0. The number of amides is 1. The first-order valence-electron chi connectivity index (χ1n) is 9.90. The van der Waals surface area contributed by atoms with Crippen molar-refractivity contribution in [1.29, 1.82) is 0 Å². The van der Waals surface area contributed by atoms with Crippen LogP contribution in [0.3, 0.4) is 0 Å². The van der Waals surface area contributed by atoms with E-state index >= 15 is 0 Å². The molecule has 1 aromatic carbocycles. The topological polar surface area (TPSA) is 88.8 Å². The van der Waals surface area contributed by atoms with Gasteiger partial charge in [0.2, 0.25) is 0 Å². The molecule has 2 aromatic heterocycles. The van der Waals surface area contributed by atoms with E-state index in [9.17, 15) is 9.59 Å². The average molecular weight is 408 g/mol. The third-order valence-electron chi connectivity index (χ3n) is 5.51. The Morgan fingerprint density at radius 1 is 1.10 bits per heavy atom. The Kier molecular flexibility index (Phi) is 5.39. The molecule has 0 radical (unpaired) electrons. The SMILES string of the molecule is Cc1cc(OCC(=O)N2CCN(c3cnccn3)CC2)c2c(C)c(C)c(=O)oc2c1. The lowest BCUT2D eigenvalue weighted by Crippen LogP contribution is -2.50. The minimum atomic E-state index is -0.353. The number of nitrogens with zero attached hydrogens (tertiary/aromatic N) is 4. The molecular weight excluding hydrogens is 384 g/mol. The second-order valence-corrected chi connectivity index (χ2v) is 7.50. The summed E-state index contributed by atoms with van der Waals surface area (Å²) in [7, 11) is 0. The van der Waals surface area contributed by atoms with Gasteiger partial charge in [-0.1, -0.05) is 0 Å². The molecule has 1 fully saturated rings. The van der Waals surface area contributed by atoms with Gasteiger partial charge in [0, 0.05) is 44.1 Å². The normalized spacial score (nSPS) is 14.2. The highest BCUT2D eigenvalue weighted by molar-refractivity contribution is 5.88. The molecule has 0 bridgehead atoms. The maximum Gasteiger partial charge on any atom is 0.339 e. The smallest absolute Gasteiger partial charge is 0.339 e. The van der Waals surface area contributed by atoms with Gasteiger partial charge >= 0.3 is 5.63 Å².